The highest BCUT2D eigenvalue weighted by Crippen LogP contribution is 2.25. The number of carbonyl (C=O) groups is 1. The fraction of sp³-hybridized carbons (Fsp3) is 0.562. The van der Waals surface area contributed by atoms with Gasteiger partial charge in [0.2, 0.25) is 0 Å². The quantitative estimate of drug-likeness (QED) is 0.811. The molecule has 23 heavy (non-hydrogen) atoms. The molecule has 2 rings (SSSR count). The van der Waals surface area contributed by atoms with Crippen LogP contribution in [0.25, 0.3) is 0 Å². The van der Waals surface area contributed by atoms with Crippen LogP contribution in [0.5, 0.6) is 5.75 Å². The molecule has 1 aliphatic rings. The van der Waals surface area contributed by atoms with Gasteiger partial charge in [0.25, 0.3) is 0 Å². The topological polar surface area (TPSA) is 62.2 Å². The zero-order valence-electron chi connectivity index (χ0n) is 13.5. The van der Waals surface area contributed by atoms with Crippen molar-refractivity contribution in [1.29, 1.82) is 0 Å². The van der Waals surface area contributed by atoms with Crippen LogP contribution in [0.4, 0.5) is 0 Å². The van der Waals surface area contributed by atoms with Crippen LogP contribution in [0.1, 0.15) is 5.56 Å². The Balaban J connectivity index is 1.92. The Hall–Kier alpha value is -1.34. The van der Waals surface area contributed by atoms with E-state index in [0.717, 1.165) is 30.9 Å². The molecule has 0 radical (unpaired) electrons. The van der Waals surface area contributed by atoms with Crippen molar-refractivity contribution in [2.75, 3.05) is 46.9 Å². The van der Waals surface area contributed by atoms with E-state index in [1.807, 2.05) is 18.2 Å². The summed E-state index contributed by atoms with van der Waals surface area (Å²) in [5, 5.41) is 9.48. The first-order valence-corrected chi connectivity index (χ1v) is 7.92. The molecule has 6 nitrogen and oxygen atoms in total. The highest BCUT2D eigenvalue weighted by molar-refractivity contribution is 6.30. The molecule has 1 heterocycles. The minimum Gasteiger partial charge on any atom is -0.496 e. The molecule has 0 bridgehead atoms. The second-order valence-corrected chi connectivity index (χ2v) is 6.21. The van der Waals surface area contributed by atoms with Crippen molar-refractivity contribution in [2.24, 2.45) is 0 Å². The van der Waals surface area contributed by atoms with Gasteiger partial charge in [-0.2, -0.15) is 0 Å². The maximum Gasteiger partial charge on any atom is 0.317 e. The fourth-order valence-electron chi connectivity index (χ4n) is 2.77. The molecular formula is C16H23ClN2O4. The Morgan fingerprint density at radius 1 is 1.57 bits per heavy atom. The molecule has 0 spiro atoms. The summed E-state index contributed by atoms with van der Waals surface area (Å²) in [6.45, 7) is 3.61. The molecule has 0 saturated carbocycles. The van der Waals surface area contributed by atoms with Crippen molar-refractivity contribution >= 4 is 17.6 Å². The molecule has 1 unspecified atom stereocenters. The minimum absolute atomic E-state index is 0.00592. The van der Waals surface area contributed by atoms with Crippen LogP contribution in [-0.2, 0) is 16.1 Å². The van der Waals surface area contributed by atoms with E-state index >= 15 is 0 Å². The first kappa shape index (κ1) is 18.0. The van der Waals surface area contributed by atoms with Crippen molar-refractivity contribution < 1.29 is 19.4 Å². The number of halogens is 1. The molecule has 0 amide bonds. The third-order valence-corrected chi connectivity index (χ3v) is 4.02. The average molecular weight is 343 g/mol. The number of likely N-dealkylation sites (N-methyl/N-ethyl adjacent to an activating group) is 1. The Bertz CT molecular complexity index is 541. The lowest BCUT2D eigenvalue weighted by Gasteiger charge is -2.34. The summed E-state index contributed by atoms with van der Waals surface area (Å²) in [7, 11) is 3.43. The minimum atomic E-state index is -0.828. The van der Waals surface area contributed by atoms with Gasteiger partial charge in [-0.15, -0.1) is 0 Å². The van der Waals surface area contributed by atoms with Gasteiger partial charge in [-0.3, -0.25) is 14.6 Å². The molecule has 1 atom stereocenters. The molecule has 1 aromatic rings. The van der Waals surface area contributed by atoms with Crippen molar-refractivity contribution in [3.8, 4) is 5.75 Å². The number of hydrogen-bond donors (Lipinski definition) is 1. The number of nitrogens with zero attached hydrogens (tertiary/aromatic N) is 2. The summed E-state index contributed by atoms with van der Waals surface area (Å²) in [4.78, 5) is 14.8. The predicted molar refractivity (Wildman–Crippen MR) is 88.2 cm³/mol. The summed E-state index contributed by atoms with van der Waals surface area (Å²) < 4.78 is 11.1. The van der Waals surface area contributed by atoms with Gasteiger partial charge in [0.05, 0.1) is 26.4 Å². The van der Waals surface area contributed by atoms with E-state index in [0.29, 0.717) is 18.2 Å². The van der Waals surface area contributed by atoms with Gasteiger partial charge in [0.1, 0.15) is 5.75 Å². The second kappa shape index (κ2) is 8.49. The number of hydrogen-bond acceptors (Lipinski definition) is 5. The lowest BCUT2D eigenvalue weighted by molar-refractivity contribution is -0.138. The third-order valence-electron chi connectivity index (χ3n) is 3.79. The molecule has 1 N–H and O–H groups in total. The second-order valence-electron chi connectivity index (χ2n) is 5.77. The van der Waals surface area contributed by atoms with Crippen LogP contribution >= 0.6 is 11.6 Å². The van der Waals surface area contributed by atoms with Crippen LogP contribution in [0.2, 0.25) is 5.02 Å². The number of morpholine rings is 1. The van der Waals surface area contributed by atoms with Gasteiger partial charge in [-0.25, -0.2) is 0 Å². The molecule has 1 aliphatic heterocycles. The van der Waals surface area contributed by atoms with Crippen molar-refractivity contribution in [2.45, 2.75) is 12.6 Å². The largest absolute Gasteiger partial charge is 0.496 e. The number of methoxy groups -OCH3 is 1. The lowest BCUT2D eigenvalue weighted by Crippen LogP contribution is -2.47. The van der Waals surface area contributed by atoms with Crippen molar-refractivity contribution in [1.82, 2.24) is 9.80 Å². The summed E-state index contributed by atoms with van der Waals surface area (Å²) in [6, 6.07) is 5.65. The summed E-state index contributed by atoms with van der Waals surface area (Å²) >= 11 is 5.99. The molecule has 1 fully saturated rings. The fourth-order valence-corrected chi connectivity index (χ4v) is 2.93. The van der Waals surface area contributed by atoms with E-state index in [9.17, 15) is 4.79 Å². The Labute approximate surface area is 141 Å². The first-order chi connectivity index (χ1) is 11.0. The first-order valence-electron chi connectivity index (χ1n) is 7.54. The van der Waals surface area contributed by atoms with E-state index in [4.69, 9.17) is 26.2 Å². The molecule has 128 valence electrons. The summed E-state index contributed by atoms with van der Waals surface area (Å²) in [5.74, 6) is -0.0467. The van der Waals surface area contributed by atoms with E-state index < -0.39 is 5.97 Å². The molecule has 1 aromatic carbocycles. The molecule has 7 heteroatoms. The Morgan fingerprint density at radius 3 is 3.04 bits per heavy atom. The number of benzene rings is 1. The summed E-state index contributed by atoms with van der Waals surface area (Å²) in [6.07, 6.45) is 0.00592. The zero-order chi connectivity index (χ0) is 16.8. The van der Waals surface area contributed by atoms with Crippen molar-refractivity contribution in [3.05, 3.63) is 28.8 Å². The van der Waals surface area contributed by atoms with Gasteiger partial charge in [-0.1, -0.05) is 17.7 Å². The van der Waals surface area contributed by atoms with Crippen molar-refractivity contribution in [3.63, 3.8) is 0 Å². The van der Waals surface area contributed by atoms with Crippen LogP contribution in [0.3, 0.4) is 0 Å². The normalized spacial score (nSPS) is 19.0. The van der Waals surface area contributed by atoms with Gasteiger partial charge in [-0.05, 0) is 19.2 Å². The number of carboxylic acid groups (broad SMARTS) is 1. The smallest absolute Gasteiger partial charge is 0.317 e. The van der Waals surface area contributed by atoms with Gasteiger partial charge in [0.15, 0.2) is 0 Å². The van der Waals surface area contributed by atoms with Crippen LogP contribution in [-0.4, -0.2) is 73.9 Å². The summed E-state index contributed by atoms with van der Waals surface area (Å²) in [5.41, 5.74) is 1.08. The molecule has 0 aromatic heterocycles. The monoisotopic (exact) mass is 342 g/mol. The maximum atomic E-state index is 10.7. The van der Waals surface area contributed by atoms with Gasteiger partial charge in [0, 0.05) is 36.8 Å². The SMILES string of the molecule is COc1cc(Cl)ccc1CN1CCOC(CN(C)CC(=O)O)C1. The predicted octanol–water partition coefficient (Wildman–Crippen LogP) is 1.57. The standard InChI is InChI=1S/C16H23ClN2O4/c1-18(11-16(20)21)9-14-10-19(5-6-23-14)8-12-3-4-13(17)7-15(12)22-2/h3-4,7,14H,5-6,8-11H2,1-2H3,(H,20,21). The van der Waals surface area contributed by atoms with Crippen LogP contribution in [0, 0.1) is 0 Å². The third kappa shape index (κ3) is 5.66. The lowest BCUT2D eigenvalue weighted by atomic mass is 10.1. The Morgan fingerprint density at radius 2 is 2.35 bits per heavy atom. The maximum absolute atomic E-state index is 10.7. The molecule has 1 saturated heterocycles. The highest BCUT2D eigenvalue weighted by Gasteiger charge is 2.23. The number of aliphatic carboxylic acids is 1. The van der Waals surface area contributed by atoms with Gasteiger partial charge < -0.3 is 14.6 Å². The number of rotatable bonds is 7. The van der Waals surface area contributed by atoms with E-state index in [-0.39, 0.29) is 12.6 Å². The van der Waals surface area contributed by atoms with Gasteiger partial charge >= 0.3 is 5.97 Å². The van der Waals surface area contributed by atoms with Crippen LogP contribution < -0.4 is 4.74 Å². The Kier molecular flexibility index (Phi) is 6.65. The molecular weight excluding hydrogens is 320 g/mol. The highest BCUT2D eigenvalue weighted by atomic mass is 35.5. The number of ether oxygens (including phenoxy) is 2. The van der Waals surface area contributed by atoms with Crippen LogP contribution in [0.15, 0.2) is 18.2 Å². The number of carboxylic acids is 1. The average Bonchev–Trinajstić information content (AvgIpc) is 2.48. The molecule has 0 aliphatic carbocycles. The van der Waals surface area contributed by atoms with E-state index in [1.54, 1.807) is 19.1 Å². The van der Waals surface area contributed by atoms with E-state index in [2.05, 4.69) is 4.90 Å². The van der Waals surface area contributed by atoms with E-state index in [1.165, 1.54) is 0 Å². The zero-order valence-corrected chi connectivity index (χ0v) is 14.3.